The Bertz CT molecular complexity index is 532. The van der Waals surface area contributed by atoms with Crippen LogP contribution < -0.4 is 5.32 Å². The molecule has 0 unspecified atom stereocenters. The maximum Gasteiger partial charge on any atom is 0.337 e. The summed E-state index contributed by atoms with van der Waals surface area (Å²) in [6.07, 6.45) is 1.61. The van der Waals surface area contributed by atoms with Gasteiger partial charge in [0.15, 0.2) is 0 Å². The van der Waals surface area contributed by atoms with Crippen LogP contribution in [0, 0.1) is 0 Å². The average molecular weight is 235 g/mol. The largest absolute Gasteiger partial charge is 0.478 e. The highest BCUT2D eigenvalue weighted by atomic mass is 16.4. The van der Waals surface area contributed by atoms with E-state index in [1.165, 1.54) is 0 Å². The standard InChI is InChI=1S/C10H11N3O2.C2H6/c1-11-6-3-7(10(14)15)9-8(4-6)12-5-13(9)2;1-2/h3-5,11H,1-2H3,(H,14,15);1-2H3. The molecule has 0 fully saturated rings. The third-order valence-electron chi connectivity index (χ3n) is 2.33. The van der Waals surface area contributed by atoms with Gasteiger partial charge in [0.1, 0.15) is 0 Å². The van der Waals surface area contributed by atoms with E-state index in [0.29, 0.717) is 11.0 Å². The number of fused-ring (bicyclic) bond motifs is 1. The number of aryl methyl sites for hydroxylation is 1. The Morgan fingerprint density at radius 3 is 2.59 bits per heavy atom. The lowest BCUT2D eigenvalue weighted by molar-refractivity contribution is 0.0698. The molecule has 5 heteroatoms. The first-order valence-corrected chi connectivity index (χ1v) is 5.49. The molecule has 0 bridgehead atoms. The molecule has 0 saturated carbocycles. The zero-order valence-corrected chi connectivity index (χ0v) is 10.5. The highest BCUT2D eigenvalue weighted by molar-refractivity contribution is 6.02. The fourth-order valence-corrected chi connectivity index (χ4v) is 1.60. The number of carboxylic acids is 1. The molecule has 0 spiro atoms. The predicted octanol–water partition coefficient (Wildman–Crippen LogP) is 2.34. The summed E-state index contributed by atoms with van der Waals surface area (Å²) in [5, 5.41) is 12.0. The van der Waals surface area contributed by atoms with Gasteiger partial charge in [-0.15, -0.1) is 0 Å². The van der Waals surface area contributed by atoms with Crippen LogP contribution in [0.1, 0.15) is 24.2 Å². The molecule has 0 saturated heterocycles. The molecule has 0 radical (unpaired) electrons. The van der Waals surface area contributed by atoms with E-state index >= 15 is 0 Å². The molecular formula is C12H17N3O2. The fourth-order valence-electron chi connectivity index (χ4n) is 1.60. The number of nitrogens with one attached hydrogen (secondary N) is 1. The van der Waals surface area contributed by atoms with E-state index in [2.05, 4.69) is 10.3 Å². The highest BCUT2D eigenvalue weighted by Crippen LogP contribution is 2.22. The van der Waals surface area contributed by atoms with Crippen molar-refractivity contribution in [2.45, 2.75) is 13.8 Å². The molecule has 1 heterocycles. The van der Waals surface area contributed by atoms with E-state index in [1.54, 1.807) is 31.1 Å². The summed E-state index contributed by atoms with van der Waals surface area (Å²) in [6, 6.07) is 3.42. The van der Waals surface area contributed by atoms with Crippen LogP contribution in [0.4, 0.5) is 5.69 Å². The number of aromatic nitrogens is 2. The summed E-state index contributed by atoms with van der Waals surface area (Å²) < 4.78 is 1.71. The minimum absolute atomic E-state index is 0.261. The number of hydrogen-bond acceptors (Lipinski definition) is 3. The molecule has 5 nitrogen and oxygen atoms in total. The second-order valence-electron chi connectivity index (χ2n) is 3.30. The van der Waals surface area contributed by atoms with E-state index in [9.17, 15) is 4.79 Å². The first-order chi connectivity index (χ1) is 8.13. The van der Waals surface area contributed by atoms with Crippen LogP contribution in [-0.2, 0) is 7.05 Å². The van der Waals surface area contributed by atoms with Gasteiger partial charge >= 0.3 is 5.97 Å². The summed E-state index contributed by atoms with van der Waals surface area (Å²) in [5.74, 6) is -0.944. The molecule has 2 aromatic rings. The van der Waals surface area contributed by atoms with Gasteiger partial charge in [0, 0.05) is 19.8 Å². The maximum atomic E-state index is 11.1. The quantitative estimate of drug-likeness (QED) is 0.838. The van der Waals surface area contributed by atoms with Gasteiger partial charge in [0.25, 0.3) is 0 Å². The summed E-state index contributed by atoms with van der Waals surface area (Å²) in [4.78, 5) is 15.2. The van der Waals surface area contributed by atoms with E-state index in [0.717, 1.165) is 5.69 Å². The second-order valence-corrected chi connectivity index (χ2v) is 3.30. The molecule has 0 aliphatic heterocycles. The van der Waals surface area contributed by atoms with Crippen LogP contribution in [0.2, 0.25) is 0 Å². The lowest BCUT2D eigenvalue weighted by atomic mass is 10.1. The van der Waals surface area contributed by atoms with Gasteiger partial charge < -0.3 is 15.0 Å². The number of carboxylic acid groups (broad SMARTS) is 1. The molecule has 0 amide bonds. The molecule has 0 atom stereocenters. The third kappa shape index (κ3) is 2.38. The molecule has 0 aliphatic carbocycles. The van der Waals surface area contributed by atoms with E-state index in [-0.39, 0.29) is 5.56 Å². The number of nitrogens with zero attached hydrogens (tertiary/aromatic N) is 2. The van der Waals surface area contributed by atoms with Crippen molar-refractivity contribution in [3.05, 3.63) is 24.0 Å². The Labute approximate surface area is 100 Å². The Kier molecular flexibility index (Phi) is 4.09. The zero-order chi connectivity index (χ0) is 13.0. The molecule has 1 aromatic heterocycles. The predicted molar refractivity (Wildman–Crippen MR) is 68.6 cm³/mol. The second kappa shape index (κ2) is 5.34. The Morgan fingerprint density at radius 2 is 2.06 bits per heavy atom. The van der Waals surface area contributed by atoms with Crippen LogP contribution in [-0.4, -0.2) is 27.7 Å². The highest BCUT2D eigenvalue weighted by Gasteiger charge is 2.13. The fraction of sp³-hybridized carbons (Fsp3) is 0.333. The van der Waals surface area contributed by atoms with Crippen LogP contribution in [0.5, 0.6) is 0 Å². The van der Waals surface area contributed by atoms with E-state index < -0.39 is 5.97 Å². The minimum Gasteiger partial charge on any atom is -0.478 e. The summed E-state index contributed by atoms with van der Waals surface area (Å²) in [5.41, 5.74) is 2.33. The van der Waals surface area contributed by atoms with Gasteiger partial charge in [0.05, 0.1) is 22.9 Å². The summed E-state index contributed by atoms with van der Waals surface area (Å²) >= 11 is 0. The smallest absolute Gasteiger partial charge is 0.337 e. The number of anilines is 1. The number of rotatable bonds is 2. The van der Waals surface area contributed by atoms with Crippen LogP contribution in [0.3, 0.4) is 0 Å². The lowest BCUT2D eigenvalue weighted by Gasteiger charge is -2.04. The third-order valence-corrected chi connectivity index (χ3v) is 2.33. The first kappa shape index (κ1) is 13.0. The summed E-state index contributed by atoms with van der Waals surface area (Å²) in [7, 11) is 3.52. The molecular weight excluding hydrogens is 218 g/mol. The monoisotopic (exact) mass is 235 g/mol. The van der Waals surface area contributed by atoms with Crippen molar-refractivity contribution in [2.75, 3.05) is 12.4 Å². The number of carbonyl (C=O) groups is 1. The summed E-state index contributed by atoms with van der Waals surface area (Å²) in [6.45, 7) is 4.00. The van der Waals surface area contributed by atoms with Gasteiger partial charge in [-0.25, -0.2) is 9.78 Å². The number of hydrogen-bond donors (Lipinski definition) is 2. The van der Waals surface area contributed by atoms with E-state index in [1.807, 2.05) is 19.9 Å². The topological polar surface area (TPSA) is 67.2 Å². The van der Waals surface area contributed by atoms with E-state index in [4.69, 9.17) is 5.11 Å². The minimum atomic E-state index is -0.944. The van der Waals surface area contributed by atoms with Crippen molar-refractivity contribution >= 4 is 22.7 Å². The van der Waals surface area contributed by atoms with Crippen molar-refractivity contribution in [1.82, 2.24) is 9.55 Å². The molecule has 2 N–H and O–H groups in total. The van der Waals surface area contributed by atoms with Crippen LogP contribution in [0.25, 0.3) is 11.0 Å². The van der Waals surface area contributed by atoms with Crippen molar-refractivity contribution < 1.29 is 9.90 Å². The lowest BCUT2D eigenvalue weighted by Crippen LogP contribution is -2.02. The Morgan fingerprint density at radius 1 is 1.41 bits per heavy atom. The van der Waals surface area contributed by atoms with Crippen molar-refractivity contribution in [3.63, 3.8) is 0 Å². The van der Waals surface area contributed by atoms with Crippen molar-refractivity contribution in [3.8, 4) is 0 Å². The molecule has 92 valence electrons. The van der Waals surface area contributed by atoms with Crippen LogP contribution >= 0.6 is 0 Å². The van der Waals surface area contributed by atoms with Crippen molar-refractivity contribution in [2.24, 2.45) is 7.05 Å². The molecule has 17 heavy (non-hydrogen) atoms. The Hall–Kier alpha value is -2.04. The molecule has 0 aliphatic rings. The van der Waals surface area contributed by atoms with Gasteiger partial charge in [0.2, 0.25) is 0 Å². The van der Waals surface area contributed by atoms with Crippen molar-refractivity contribution in [1.29, 1.82) is 0 Å². The van der Waals surface area contributed by atoms with Gasteiger partial charge in [-0.2, -0.15) is 0 Å². The van der Waals surface area contributed by atoms with Gasteiger partial charge in [-0.3, -0.25) is 0 Å². The molecule has 1 aromatic carbocycles. The number of benzene rings is 1. The Balaban J connectivity index is 0.000000686. The average Bonchev–Trinajstić information content (AvgIpc) is 2.72. The van der Waals surface area contributed by atoms with Gasteiger partial charge in [-0.1, -0.05) is 13.8 Å². The van der Waals surface area contributed by atoms with Gasteiger partial charge in [-0.05, 0) is 12.1 Å². The molecule has 2 rings (SSSR count). The number of imidazole rings is 1. The SMILES string of the molecule is CC.CNc1cc(C(=O)O)c2c(c1)ncn2C. The van der Waals surface area contributed by atoms with Crippen LogP contribution in [0.15, 0.2) is 18.5 Å². The zero-order valence-electron chi connectivity index (χ0n) is 10.5. The normalized spacial score (nSPS) is 9.65. The maximum absolute atomic E-state index is 11.1. The first-order valence-electron chi connectivity index (χ1n) is 5.49. The number of aromatic carboxylic acids is 1.